The largest absolute Gasteiger partial charge is 0.494 e. The molecule has 0 spiro atoms. The van der Waals surface area contributed by atoms with Crippen LogP contribution >= 0.6 is 0 Å². The number of rotatable bonds is 72. The standard InChI is InChI=1S/C112H164N4O12/c1-11-20-29-46-71-120-100-80-88(81-101(121-72-47-30-21-12-2)110(100)126-77-52-35-26-17-7)107-94-63-61-92(113-94)106(87-57-59-91(60-58-87)119-70-56-45-43-41-39-38-40-42-44-55-69-118-86(10)117)93-62-64-95(114-93)108(89-82-102(122-73-48-31-22-13-3)111(127-78-53-36-27-18-8)103(83-89)123-74-49-32-23-14-4)97-66-68-99(116-97)109(98-67-65-96(107)115-98)90-84-104(124-75-50-33-24-15-5)112(128-79-54-37-28-19-9)105(85-90)125-76-51-34-25-16-6/h57-68,80-85,113,116H,11-56,69-79H2,1-10H3. The number of carbonyl (C=O) groups is 1. The van der Waals surface area contributed by atoms with Crippen molar-refractivity contribution in [3.05, 3.63) is 108 Å². The first kappa shape index (κ1) is 103. The zero-order valence-corrected chi connectivity index (χ0v) is 81.0. The van der Waals surface area contributed by atoms with Crippen LogP contribution in [0.3, 0.4) is 0 Å². The molecule has 0 amide bonds. The van der Waals surface area contributed by atoms with Gasteiger partial charge in [0.05, 0.1) is 95.5 Å². The Morgan fingerprint density at radius 2 is 0.438 bits per heavy atom. The number of aromatic amines is 2. The quantitative estimate of drug-likeness (QED) is 0.0272. The first-order chi connectivity index (χ1) is 63.1. The zero-order valence-electron chi connectivity index (χ0n) is 81.0. The molecule has 2 aliphatic heterocycles. The number of hydrogen-bond donors (Lipinski definition) is 2. The third kappa shape index (κ3) is 34.7. The van der Waals surface area contributed by atoms with Crippen molar-refractivity contribution in [2.45, 2.75) is 365 Å². The number of H-pyrrole nitrogens is 2. The van der Waals surface area contributed by atoms with Crippen molar-refractivity contribution in [3.8, 4) is 102 Å². The van der Waals surface area contributed by atoms with Gasteiger partial charge in [-0.05, 0) is 190 Å². The maximum Gasteiger partial charge on any atom is 0.302 e. The summed E-state index contributed by atoms with van der Waals surface area (Å²) in [5.74, 6) is 6.49. The third-order valence-corrected chi connectivity index (χ3v) is 24.2. The van der Waals surface area contributed by atoms with E-state index < -0.39 is 0 Å². The number of esters is 1. The summed E-state index contributed by atoms with van der Waals surface area (Å²) < 4.78 is 75.2. The molecule has 0 unspecified atom stereocenters. The number of benzene rings is 4. The minimum atomic E-state index is -0.196. The summed E-state index contributed by atoms with van der Waals surface area (Å²) in [7, 11) is 0. The molecule has 3 aromatic heterocycles. The van der Waals surface area contributed by atoms with Crippen molar-refractivity contribution in [2.24, 2.45) is 0 Å². The summed E-state index contributed by atoms with van der Waals surface area (Å²) in [4.78, 5) is 31.4. The Morgan fingerprint density at radius 1 is 0.234 bits per heavy atom. The third-order valence-electron chi connectivity index (χ3n) is 24.2. The lowest BCUT2D eigenvalue weighted by molar-refractivity contribution is -0.141. The Bertz CT molecular complexity index is 4340. The lowest BCUT2D eigenvalue weighted by Gasteiger charge is -2.20. The molecule has 7 aromatic rings. The molecule has 4 aromatic carbocycles. The summed E-state index contributed by atoms with van der Waals surface area (Å²) in [6.45, 7) is 27.7. The van der Waals surface area contributed by atoms with Gasteiger partial charge >= 0.3 is 5.97 Å². The van der Waals surface area contributed by atoms with Crippen LogP contribution < -0.4 is 47.4 Å². The van der Waals surface area contributed by atoms with Gasteiger partial charge in [-0.15, -0.1) is 0 Å². The molecule has 9 rings (SSSR count). The molecule has 16 heteroatoms. The highest BCUT2D eigenvalue weighted by Gasteiger charge is 2.27. The van der Waals surface area contributed by atoms with Gasteiger partial charge in [0.1, 0.15) is 5.75 Å². The number of aromatic nitrogens is 4. The SMILES string of the molecule is CCCCCCOc1cc(-c2c3nc(c(-c4cc(OCCCCCC)c(OCCCCCC)c(OCCCCCC)c4)c4ccc([nH]4)c(-c4cc(OCCCCCC)c(OCCCCCC)c(OCCCCCC)c4)c4nc(c(-c5ccc(OCCCCCCCCCCCCOC(C)=O)cc5)c5ccc2[nH]5)C=C4)C=C3)cc(OCCCCCC)c1OCCCCCC. The highest BCUT2D eigenvalue weighted by molar-refractivity contribution is 6.01. The monoisotopic (exact) mass is 1760 g/mol. The number of nitrogens with zero attached hydrogens (tertiary/aromatic N) is 2. The number of fused-ring (bicyclic) bond motifs is 8. The minimum absolute atomic E-state index is 0.196. The molecule has 0 aliphatic carbocycles. The van der Waals surface area contributed by atoms with E-state index in [-0.39, 0.29) is 5.97 Å². The van der Waals surface area contributed by atoms with Gasteiger partial charge in [-0.2, -0.15) is 0 Å². The second-order valence-electron chi connectivity index (χ2n) is 35.3. The number of hydrogen-bond acceptors (Lipinski definition) is 14. The van der Waals surface area contributed by atoms with Crippen molar-refractivity contribution in [1.29, 1.82) is 0 Å². The Morgan fingerprint density at radius 3 is 0.672 bits per heavy atom. The van der Waals surface area contributed by atoms with Gasteiger partial charge in [0, 0.05) is 51.2 Å². The van der Waals surface area contributed by atoms with E-state index in [1.54, 1.807) is 0 Å². The number of unbranched alkanes of at least 4 members (excludes halogenated alkanes) is 36. The Kier molecular flexibility index (Phi) is 49.3. The summed E-state index contributed by atoms with van der Waals surface area (Å²) in [6, 6.07) is 30.5. The second-order valence-corrected chi connectivity index (χ2v) is 35.3. The van der Waals surface area contributed by atoms with Crippen LogP contribution in [0.25, 0.3) is 90.9 Å². The first-order valence-corrected chi connectivity index (χ1v) is 51.3. The lowest BCUT2D eigenvalue weighted by atomic mass is 10.0. The summed E-state index contributed by atoms with van der Waals surface area (Å²) in [6.07, 6.45) is 58.3. The zero-order chi connectivity index (χ0) is 90.2. The van der Waals surface area contributed by atoms with Crippen LogP contribution in [-0.2, 0) is 9.53 Å². The maximum atomic E-state index is 11.2. The molecule has 2 N–H and O–H groups in total. The molecular formula is C112H164N4O12. The molecule has 8 bridgehead atoms. The highest BCUT2D eigenvalue weighted by Crippen LogP contribution is 2.50. The van der Waals surface area contributed by atoms with E-state index in [0.29, 0.717) is 124 Å². The fraction of sp³-hybridized carbons (Fsp3) is 0.598. The van der Waals surface area contributed by atoms with Crippen molar-refractivity contribution < 1.29 is 56.9 Å². The molecular weight excluding hydrogens is 1590 g/mol. The van der Waals surface area contributed by atoms with E-state index in [0.717, 1.165) is 352 Å². The fourth-order valence-electron chi connectivity index (χ4n) is 16.8. The molecule has 16 nitrogen and oxygen atoms in total. The van der Waals surface area contributed by atoms with E-state index in [4.69, 9.17) is 62.1 Å². The van der Waals surface area contributed by atoms with Crippen LogP contribution in [0.1, 0.15) is 387 Å². The van der Waals surface area contributed by atoms with E-state index in [9.17, 15) is 4.79 Å². The fourth-order valence-corrected chi connectivity index (χ4v) is 16.8. The van der Waals surface area contributed by atoms with Crippen LogP contribution in [0, 0.1) is 0 Å². The summed E-state index contributed by atoms with van der Waals surface area (Å²) in [5, 5.41) is 0. The number of nitrogens with one attached hydrogen (secondary N) is 2. The Balaban J connectivity index is 1.36. The van der Waals surface area contributed by atoms with Gasteiger partial charge < -0.3 is 62.1 Å². The Hall–Kier alpha value is -9.05. The minimum Gasteiger partial charge on any atom is -0.494 e. The molecule has 0 radical (unpaired) electrons. The van der Waals surface area contributed by atoms with Gasteiger partial charge in [-0.3, -0.25) is 4.79 Å². The van der Waals surface area contributed by atoms with Crippen molar-refractivity contribution in [3.63, 3.8) is 0 Å². The molecule has 5 heterocycles. The molecule has 0 atom stereocenters. The number of ether oxygens (including phenoxy) is 11. The molecule has 0 saturated carbocycles. The van der Waals surface area contributed by atoms with E-state index in [1.165, 1.54) is 45.4 Å². The molecule has 128 heavy (non-hydrogen) atoms. The van der Waals surface area contributed by atoms with Crippen molar-refractivity contribution in [2.75, 3.05) is 72.7 Å². The van der Waals surface area contributed by atoms with Crippen LogP contribution in [0.4, 0.5) is 0 Å². The highest BCUT2D eigenvalue weighted by atomic mass is 16.6. The molecule has 0 fully saturated rings. The molecule has 2 aliphatic rings. The van der Waals surface area contributed by atoms with E-state index in [2.05, 4.69) is 182 Å². The maximum absolute atomic E-state index is 11.2. The van der Waals surface area contributed by atoms with E-state index in [1.807, 2.05) is 0 Å². The normalized spacial score (nSPS) is 11.7. The van der Waals surface area contributed by atoms with E-state index >= 15 is 0 Å². The summed E-state index contributed by atoms with van der Waals surface area (Å²) >= 11 is 0. The first-order valence-electron chi connectivity index (χ1n) is 51.3. The van der Waals surface area contributed by atoms with Crippen molar-refractivity contribution in [1.82, 2.24) is 19.9 Å². The average molecular weight is 1760 g/mol. The second kappa shape index (κ2) is 61.5. The van der Waals surface area contributed by atoms with Crippen LogP contribution in [0.15, 0.2) is 84.9 Å². The van der Waals surface area contributed by atoms with Gasteiger partial charge in [-0.1, -0.05) is 299 Å². The van der Waals surface area contributed by atoms with Gasteiger partial charge in [0.2, 0.25) is 17.2 Å². The predicted molar refractivity (Wildman–Crippen MR) is 536 cm³/mol. The Labute approximate surface area is 771 Å². The van der Waals surface area contributed by atoms with Gasteiger partial charge in [-0.25, -0.2) is 9.97 Å². The average Bonchev–Trinajstić information content (AvgIpc) is 1.63. The molecule has 0 saturated heterocycles. The topological polar surface area (TPSA) is 176 Å². The predicted octanol–water partition coefficient (Wildman–Crippen LogP) is 32.8. The number of carbonyl (C=O) groups excluding carboxylic acids is 1. The molecule has 704 valence electrons. The summed E-state index contributed by atoms with van der Waals surface area (Å²) in [5.41, 5.74) is 13.5. The van der Waals surface area contributed by atoms with Gasteiger partial charge in [0.15, 0.2) is 34.5 Å². The van der Waals surface area contributed by atoms with Crippen molar-refractivity contribution >= 4 is 52.3 Å². The lowest BCUT2D eigenvalue weighted by Crippen LogP contribution is -2.07. The van der Waals surface area contributed by atoms with Gasteiger partial charge in [0.25, 0.3) is 0 Å². The van der Waals surface area contributed by atoms with Crippen LogP contribution in [0.2, 0.25) is 0 Å². The van der Waals surface area contributed by atoms with Crippen LogP contribution in [0.5, 0.6) is 57.5 Å². The smallest absolute Gasteiger partial charge is 0.302 e. The van der Waals surface area contributed by atoms with Crippen LogP contribution in [-0.4, -0.2) is 98.6 Å².